The number of likely N-dealkylation sites (N-methyl/N-ethyl adjacent to an activating group) is 1. The zero-order chi connectivity index (χ0) is 9.23. The molecule has 0 unspecified atom stereocenters. The van der Waals surface area contributed by atoms with Crippen molar-refractivity contribution in [2.75, 3.05) is 32.7 Å². The molecule has 1 N–H and O–H groups in total. The third-order valence-corrected chi connectivity index (χ3v) is 1.73. The largest absolute Gasteiger partial charge is 0.312 e. The van der Waals surface area contributed by atoms with Crippen LogP contribution in [0.25, 0.3) is 0 Å². The smallest absolute Gasteiger partial charge is 0.0161 e. The van der Waals surface area contributed by atoms with Gasteiger partial charge < -0.3 is 5.32 Å². The maximum Gasteiger partial charge on any atom is 0.0161 e. The summed E-state index contributed by atoms with van der Waals surface area (Å²) in [6.45, 7) is 14.6. The predicted molar refractivity (Wildman–Crippen MR) is 55.4 cm³/mol. The fraction of sp³-hybridized carbons (Fsp3) is 0.600. The van der Waals surface area contributed by atoms with E-state index in [-0.39, 0.29) is 0 Å². The molecular weight excluding hydrogens is 148 g/mol. The molecule has 0 heterocycles. The molecule has 0 aliphatic heterocycles. The Morgan fingerprint density at radius 3 is 2.58 bits per heavy atom. The lowest BCUT2D eigenvalue weighted by Gasteiger charge is -2.17. The molecule has 12 heavy (non-hydrogen) atoms. The zero-order valence-corrected chi connectivity index (χ0v) is 8.05. The number of hydrogen-bond acceptors (Lipinski definition) is 2. The Kier molecular flexibility index (Phi) is 8.07. The number of rotatable bonds is 8. The van der Waals surface area contributed by atoms with E-state index in [2.05, 4.69) is 30.3 Å². The summed E-state index contributed by atoms with van der Waals surface area (Å²) < 4.78 is 0. The molecule has 2 nitrogen and oxygen atoms in total. The predicted octanol–water partition coefficient (Wildman–Crippen LogP) is 1.27. The van der Waals surface area contributed by atoms with Crippen molar-refractivity contribution in [3.63, 3.8) is 0 Å². The molecule has 0 amide bonds. The molecule has 0 saturated heterocycles. The second kappa shape index (κ2) is 8.50. The molecule has 0 fully saturated rings. The first kappa shape index (κ1) is 11.4. The summed E-state index contributed by atoms with van der Waals surface area (Å²) in [4.78, 5) is 2.34. The number of nitrogens with one attached hydrogen (secondary N) is 1. The van der Waals surface area contributed by atoms with Crippen molar-refractivity contribution in [1.82, 2.24) is 10.2 Å². The summed E-state index contributed by atoms with van der Waals surface area (Å²) in [5.74, 6) is 0. The highest BCUT2D eigenvalue weighted by atomic mass is 15.1. The van der Waals surface area contributed by atoms with Crippen molar-refractivity contribution in [2.24, 2.45) is 0 Å². The molecule has 0 rings (SSSR count). The second-order valence-corrected chi connectivity index (χ2v) is 2.67. The van der Waals surface area contributed by atoms with Crippen LogP contribution in [0.2, 0.25) is 0 Å². The van der Waals surface area contributed by atoms with Crippen molar-refractivity contribution in [3.05, 3.63) is 25.3 Å². The van der Waals surface area contributed by atoms with Gasteiger partial charge in [-0.25, -0.2) is 0 Å². The minimum atomic E-state index is 0.894. The molecule has 0 aliphatic carbocycles. The molecular formula is C10H20N2. The molecule has 0 aromatic carbocycles. The van der Waals surface area contributed by atoms with Crippen molar-refractivity contribution in [1.29, 1.82) is 0 Å². The molecule has 0 atom stereocenters. The Hall–Kier alpha value is -0.600. The Labute approximate surface area is 76.0 Å². The van der Waals surface area contributed by atoms with Gasteiger partial charge in [-0.3, -0.25) is 4.90 Å². The van der Waals surface area contributed by atoms with Gasteiger partial charge in [0.2, 0.25) is 0 Å². The lowest BCUT2D eigenvalue weighted by Crippen LogP contribution is -2.32. The second-order valence-electron chi connectivity index (χ2n) is 2.67. The molecule has 2 heteroatoms. The average Bonchev–Trinajstić information content (AvgIpc) is 2.10. The van der Waals surface area contributed by atoms with E-state index in [1.165, 1.54) is 0 Å². The fourth-order valence-electron chi connectivity index (χ4n) is 1.00. The lowest BCUT2D eigenvalue weighted by molar-refractivity contribution is 0.319. The van der Waals surface area contributed by atoms with Crippen LogP contribution in [-0.2, 0) is 0 Å². The molecule has 0 bridgehead atoms. The summed E-state index contributed by atoms with van der Waals surface area (Å²) >= 11 is 0. The van der Waals surface area contributed by atoms with Gasteiger partial charge in [-0.2, -0.15) is 0 Å². The molecule has 0 saturated carbocycles. The van der Waals surface area contributed by atoms with E-state index < -0.39 is 0 Å². The van der Waals surface area contributed by atoms with E-state index in [1.807, 2.05) is 12.2 Å². The van der Waals surface area contributed by atoms with Crippen LogP contribution in [0.15, 0.2) is 25.3 Å². The first-order valence-electron chi connectivity index (χ1n) is 4.50. The first-order chi connectivity index (χ1) is 5.85. The van der Waals surface area contributed by atoms with E-state index in [0.29, 0.717) is 0 Å². The third kappa shape index (κ3) is 6.13. The van der Waals surface area contributed by atoms with Gasteiger partial charge in [0.25, 0.3) is 0 Å². The molecule has 0 radical (unpaired) electrons. The summed E-state index contributed by atoms with van der Waals surface area (Å²) in [6.07, 6.45) is 3.82. The highest BCUT2D eigenvalue weighted by Gasteiger charge is 1.96. The van der Waals surface area contributed by atoms with Crippen molar-refractivity contribution in [3.8, 4) is 0 Å². The molecule has 0 aliphatic rings. The van der Waals surface area contributed by atoms with Crippen molar-refractivity contribution >= 4 is 0 Å². The Bertz CT molecular complexity index is 121. The van der Waals surface area contributed by atoms with Crippen LogP contribution in [0.3, 0.4) is 0 Å². The van der Waals surface area contributed by atoms with Gasteiger partial charge in [0.1, 0.15) is 0 Å². The summed E-state index contributed by atoms with van der Waals surface area (Å²) in [5, 5.41) is 3.26. The van der Waals surface area contributed by atoms with Crippen LogP contribution in [0.1, 0.15) is 6.92 Å². The zero-order valence-electron chi connectivity index (χ0n) is 8.05. The summed E-state index contributed by atoms with van der Waals surface area (Å²) in [5.41, 5.74) is 0. The average molecular weight is 168 g/mol. The van der Waals surface area contributed by atoms with Gasteiger partial charge in [0.05, 0.1) is 0 Å². The molecule has 0 aromatic rings. The van der Waals surface area contributed by atoms with Crippen LogP contribution in [-0.4, -0.2) is 37.6 Å². The topological polar surface area (TPSA) is 15.3 Å². The number of hydrogen-bond donors (Lipinski definition) is 1. The molecule has 70 valence electrons. The van der Waals surface area contributed by atoms with Crippen LogP contribution >= 0.6 is 0 Å². The summed E-state index contributed by atoms with van der Waals surface area (Å²) in [7, 11) is 0. The standard InChI is InChI=1S/C10H20N2/c1-4-7-11-8-10-12(6-3)9-5-2/h4-5,11H,1-2,6-10H2,3H3. The van der Waals surface area contributed by atoms with Crippen LogP contribution < -0.4 is 5.32 Å². The van der Waals surface area contributed by atoms with E-state index in [1.54, 1.807) is 0 Å². The Morgan fingerprint density at radius 1 is 1.33 bits per heavy atom. The van der Waals surface area contributed by atoms with Crippen LogP contribution in [0.5, 0.6) is 0 Å². The highest BCUT2D eigenvalue weighted by molar-refractivity contribution is 4.74. The van der Waals surface area contributed by atoms with Crippen molar-refractivity contribution in [2.45, 2.75) is 6.92 Å². The summed E-state index contributed by atoms with van der Waals surface area (Å²) in [6, 6.07) is 0. The normalized spacial score (nSPS) is 10.2. The third-order valence-electron chi connectivity index (χ3n) is 1.73. The Morgan fingerprint density at radius 2 is 2.08 bits per heavy atom. The van der Waals surface area contributed by atoms with E-state index in [4.69, 9.17) is 0 Å². The Balaban J connectivity index is 3.30. The van der Waals surface area contributed by atoms with E-state index in [9.17, 15) is 0 Å². The van der Waals surface area contributed by atoms with Gasteiger partial charge in [-0.05, 0) is 6.54 Å². The maximum absolute atomic E-state index is 3.71. The van der Waals surface area contributed by atoms with Gasteiger partial charge in [0.15, 0.2) is 0 Å². The van der Waals surface area contributed by atoms with Gasteiger partial charge in [-0.1, -0.05) is 19.1 Å². The monoisotopic (exact) mass is 168 g/mol. The fourth-order valence-corrected chi connectivity index (χ4v) is 1.00. The highest BCUT2D eigenvalue weighted by Crippen LogP contribution is 1.85. The van der Waals surface area contributed by atoms with Crippen LogP contribution in [0.4, 0.5) is 0 Å². The molecule has 0 spiro atoms. The first-order valence-corrected chi connectivity index (χ1v) is 4.50. The van der Waals surface area contributed by atoms with Gasteiger partial charge in [-0.15, -0.1) is 13.2 Å². The lowest BCUT2D eigenvalue weighted by atomic mass is 10.4. The SMILES string of the molecule is C=CCNCCN(CC)CC=C. The van der Waals surface area contributed by atoms with Crippen LogP contribution in [0, 0.1) is 0 Å². The minimum absolute atomic E-state index is 0.894. The van der Waals surface area contributed by atoms with Gasteiger partial charge in [0, 0.05) is 26.2 Å². The van der Waals surface area contributed by atoms with Crippen molar-refractivity contribution < 1.29 is 0 Å². The molecule has 0 aromatic heterocycles. The van der Waals surface area contributed by atoms with E-state index in [0.717, 1.165) is 32.7 Å². The maximum atomic E-state index is 3.71. The van der Waals surface area contributed by atoms with E-state index >= 15 is 0 Å². The number of nitrogens with zero attached hydrogens (tertiary/aromatic N) is 1. The minimum Gasteiger partial charge on any atom is -0.312 e. The quantitative estimate of drug-likeness (QED) is 0.434. The van der Waals surface area contributed by atoms with Gasteiger partial charge >= 0.3 is 0 Å².